The van der Waals surface area contributed by atoms with Crippen LogP contribution in [0.1, 0.15) is 6.42 Å². The molecule has 1 atom stereocenters. The highest BCUT2D eigenvalue weighted by Crippen LogP contribution is 1.92. The van der Waals surface area contributed by atoms with Crippen molar-refractivity contribution in [3.8, 4) is 0 Å². The summed E-state index contributed by atoms with van der Waals surface area (Å²) >= 11 is 0. The molecule has 0 aromatic heterocycles. The maximum Gasteiger partial charge on any atom is 0.246 e. The summed E-state index contributed by atoms with van der Waals surface area (Å²) in [6, 6.07) is -0.172. The van der Waals surface area contributed by atoms with E-state index in [2.05, 4.69) is 5.32 Å². The molecule has 0 fully saturated rings. The van der Waals surface area contributed by atoms with E-state index in [1.165, 1.54) is 0 Å². The number of ether oxygens (including phenoxy) is 2. The topological polar surface area (TPSA) is 93.8 Å². The monoisotopic (exact) mass is 220 g/mol. The third-order valence-corrected chi connectivity index (χ3v) is 1.71. The zero-order valence-corrected chi connectivity index (χ0v) is 9.07. The number of amides is 1. The van der Waals surface area contributed by atoms with E-state index in [9.17, 15) is 4.79 Å². The Morgan fingerprint density at radius 1 is 1.60 bits per heavy atom. The predicted molar refractivity (Wildman–Crippen MR) is 55.4 cm³/mol. The van der Waals surface area contributed by atoms with Gasteiger partial charge in [0.2, 0.25) is 5.91 Å². The first-order chi connectivity index (χ1) is 7.24. The summed E-state index contributed by atoms with van der Waals surface area (Å²) in [5.41, 5.74) is 5.20. The summed E-state index contributed by atoms with van der Waals surface area (Å²) in [7, 11) is 1.54. The average Bonchev–Trinajstić information content (AvgIpc) is 2.19. The van der Waals surface area contributed by atoms with Crippen molar-refractivity contribution in [2.24, 2.45) is 5.73 Å². The lowest BCUT2D eigenvalue weighted by molar-refractivity contribution is -0.126. The minimum absolute atomic E-state index is 0.0111. The molecule has 0 aliphatic carbocycles. The van der Waals surface area contributed by atoms with Crippen LogP contribution in [-0.2, 0) is 14.3 Å². The van der Waals surface area contributed by atoms with Gasteiger partial charge in [-0.25, -0.2) is 0 Å². The molecule has 0 aromatic carbocycles. The van der Waals surface area contributed by atoms with Gasteiger partial charge in [-0.3, -0.25) is 4.79 Å². The second kappa shape index (κ2) is 9.85. The molecule has 6 nitrogen and oxygen atoms in total. The summed E-state index contributed by atoms with van der Waals surface area (Å²) < 4.78 is 9.86. The van der Waals surface area contributed by atoms with Gasteiger partial charge in [-0.05, 0) is 6.42 Å². The number of aliphatic hydroxyl groups is 1. The van der Waals surface area contributed by atoms with Crippen LogP contribution in [0.2, 0.25) is 0 Å². The zero-order valence-electron chi connectivity index (χ0n) is 9.07. The summed E-state index contributed by atoms with van der Waals surface area (Å²) in [5.74, 6) is -0.223. The molecule has 90 valence electrons. The Hall–Kier alpha value is -0.690. The van der Waals surface area contributed by atoms with Crippen molar-refractivity contribution in [3.63, 3.8) is 0 Å². The van der Waals surface area contributed by atoms with Gasteiger partial charge in [-0.15, -0.1) is 0 Å². The molecule has 0 saturated carbocycles. The summed E-state index contributed by atoms with van der Waals surface area (Å²) in [6.07, 6.45) is 0.469. The summed E-state index contributed by atoms with van der Waals surface area (Å²) in [4.78, 5) is 11.3. The minimum atomic E-state index is -0.223. The fourth-order valence-electron chi connectivity index (χ4n) is 1.07. The highest BCUT2D eigenvalue weighted by molar-refractivity contribution is 5.77. The van der Waals surface area contributed by atoms with E-state index in [1.807, 2.05) is 0 Å². The Morgan fingerprint density at radius 2 is 2.33 bits per heavy atom. The van der Waals surface area contributed by atoms with Crippen LogP contribution in [0.15, 0.2) is 0 Å². The van der Waals surface area contributed by atoms with Gasteiger partial charge < -0.3 is 25.6 Å². The van der Waals surface area contributed by atoms with E-state index in [1.54, 1.807) is 7.11 Å². The zero-order chi connectivity index (χ0) is 11.5. The van der Waals surface area contributed by atoms with Gasteiger partial charge >= 0.3 is 0 Å². The minimum Gasteiger partial charge on any atom is -0.396 e. The number of aliphatic hydroxyl groups excluding tert-OH is 1. The van der Waals surface area contributed by atoms with E-state index < -0.39 is 0 Å². The molecular formula is C9H20N2O4. The summed E-state index contributed by atoms with van der Waals surface area (Å²) in [6.45, 7) is 1.14. The van der Waals surface area contributed by atoms with Crippen LogP contribution < -0.4 is 11.1 Å². The van der Waals surface area contributed by atoms with Crippen LogP contribution in [0.3, 0.4) is 0 Å². The quantitative estimate of drug-likeness (QED) is 0.410. The van der Waals surface area contributed by atoms with Crippen molar-refractivity contribution in [1.82, 2.24) is 5.32 Å². The third kappa shape index (κ3) is 8.31. The molecule has 0 spiro atoms. The number of rotatable bonds is 9. The van der Waals surface area contributed by atoms with E-state index in [-0.39, 0.29) is 25.2 Å². The fourth-order valence-corrected chi connectivity index (χ4v) is 1.07. The smallest absolute Gasteiger partial charge is 0.246 e. The van der Waals surface area contributed by atoms with Crippen LogP contribution >= 0.6 is 0 Å². The highest BCUT2D eigenvalue weighted by atomic mass is 16.5. The van der Waals surface area contributed by atoms with Crippen molar-refractivity contribution in [2.45, 2.75) is 12.5 Å². The largest absolute Gasteiger partial charge is 0.396 e. The van der Waals surface area contributed by atoms with Gasteiger partial charge in [-0.2, -0.15) is 0 Å². The second-order valence-corrected chi connectivity index (χ2v) is 3.07. The van der Waals surface area contributed by atoms with Crippen LogP contribution in [-0.4, -0.2) is 57.1 Å². The van der Waals surface area contributed by atoms with Gasteiger partial charge in [0.05, 0.1) is 19.3 Å². The lowest BCUT2D eigenvalue weighted by Gasteiger charge is -2.16. The first-order valence-corrected chi connectivity index (χ1v) is 4.91. The van der Waals surface area contributed by atoms with Crippen molar-refractivity contribution < 1.29 is 19.4 Å². The number of nitrogens with two attached hydrogens (primary N) is 1. The molecule has 4 N–H and O–H groups in total. The number of methoxy groups -OCH3 is 1. The standard InChI is InChI=1S/C9H20N2O4/c1-14-6-8(2-4-12)11-9(13)7-15-5-3-10/h8,12H,2-7,10H2,1H3,(H,11,13). The number of hydrogen-bond donors (Lipinski definition) is 3. The van der Waals surface area contributed by atoms with Gasteiger partial charge in [0.25, 0.3) is 0 Å². The molecule has 6 heteroatoms. The Bertz CT molecular complexity index is 160. The number of nitrogens with one attached hydrogen (secondary N) is 1. The molecule has 15 heavy (non-hydrogen) atoms. The summed E-state index contributed by atoms with van der Waals surface area (Å²) in [5, 5.41) is 11.4. The van der Waals surface area contributed by atoms with Crippen molar-refractivity contribution in [3.05, 3.63) is 0 Å². The maximum atomic E-state index is 11.3. The average molecular weight is 220 g/mol. The molecule has 0 saturated heterocycles. The molecule has 1 unspecified atom stereocenters. The molecule has 0 aromatic rings. The Balaban J connectivity index is 3.67. The second-order valence-electron chi connectivity index (χ2n) is 3.07. The van der Waals surface area contributed by atoms with Gasteiger partial charge in [0.1, 0.15) is 6.61 Å². The fraction of sp³-hybridized carbons (Fsp3) is 0.889. The normalized spacial score (nSPS) is 12.5. The molecule has 0 heterocycles. The molecule has 0 aliphatic rings. The van der Waals surface area contributed by atoms with Crippen LogP contribution in [0, 0.1) is 0 Å². The Kier molecular flexibility index (Phi) is 9.40. The highest BCUT2D eigenvalue weighted by Gasteiger charge is 2.11. The van der Waals surface area contributed by atoms with Gasteiger partial charge in [-0.1, -0.05) is 0 Å². The molecule has 0 aliphatic heterocycles. The van der Waals surface area contributed by atoms with Crippen molar-refractivity contribution >= 4 is 5.91 Å². The molecule has 0 radical (unpaired) electrons. The Morgan fingerprint density at radius 3 is 2.87 bits per heavy atom. The SMILES string of the molecule is COCC(CCO)NC(=O)COCCN. The molecule has 1 amide bonds. The number of hydrogen-bond acceptors (Lipinski definition) is 5. The lowest BCUT2D eigenvalue weighted by atomic mass is 10.2. The van der Waals surface area contributed by atoms with E-state index in [4.69, 9.17) is 20.3 Å². The first-order valence-electron chi connectivity index (χ1n) is 4.91. The van der Waals surface area contributed by atoms with Crippen molar-refractivity contribution in [2.75, 3.05) is 40.1 Å². The third-order valence-electron chi connectivity index (χ3n) is 1.71. The van der Waals surface area contributed by atoms with Crippen LogP contribution in [0.5, 0.6) is 0 Å². The first kappa shape index (κ1) is 14.3. The molecular weight excluding hydrogens is 200 g/mol. The van der Waals surface area contributed by atoms with E-state index in [0.717, 1.165) is 0 Å². The van der Waals surface area contributed by atoms with E-state index >= 15 is 0 Å². The van der Waals surface area contributed by atoms with Crippen molar-refractivity contribution in [1.29, 1.82) is 0 Å². The lowest BCUT2D eigenvalue weighted by Crippen LogP contribution is -2.40. The van der Waals surface area contributed by atoms with E-state index in [0.29, 0.717) is 26.2 Å². The van der Waals surface area contributed by atoms with Crippen LogP contribution in [0.4, 0.5) is 0 Å². The van der Waals surface area contributed by atoms with Crippen LogP contribution in [0.25, 0.3) is 0 Å². The predicted octanol–water partition coefficient (Wildman–Crippen LogP) is -1.52. The maximum absolute atomic E-state index is 11.3. The number of carbonyl (C=O) groups is 1. The molecule has 0 rings (SSSR count). The van der Waals surface area contributed by atoms with Gasteiger partial charge in [0.15, 0.2) is 0 Å². The van der Waals surface area contributed by atoms with Gasteiger partial charge in [0, 0.05) is 20.3 Å². The Labute approximate surface area is 89.7 Å². The molecule has 0 bridgehead atoms. The number of carbonyl (C=O) groups excluding carboxylic acids is 1.